The lowest BCUT2D eigenvalue weighted by atomic mass is 9.72. The Balaban J connectivity index is 1.81. The van der Waals surface area contributed by atoms with Crippen LogP contribution >= 0.6 is 0 Å². The first-order valence-electron chi connectivity index (χ1n) is 8.40. The number of fused-ring (bicyclic) bond motifs is 1. The summed E-state index contributed by atoms with van der Waals surface area (Å²) in [5.41, 5.74) is 5.08. The molecular formula is C20H26O. The minimum atomic E-state index is -0.718. The third kappa shape index (κ3) is 3.00. The van der Waals surface area contributed by atoms with Gasteiger partial charge < -0.3 is 5.11 Å². The van der Waals surface area contributed by atoms with Crippen molar-refractivity contribution in [1.82, 2.24) is 0 Å². The quantitative estimate of drug-likeness (QED) is 0.789. The van der Waals surface area contributed by atoms with Crippen molar-refractivity contribution in [1.29, 1.82) is 0 Å². The van der Waals surface area contributed by atoms with Gasteiger partial charge in [-0.2, -0.15) is 0 Å². The van der Waals surface area contributed by atoms with Crippen molar-refractivity contribution in [2.75, 3.05) is 0 Å². The maximum absolute atomic E-state index is 11.3. The highest BCUT2D eigenvalue weighted by Gasteiger charge is 2.38. The van der Waals surface area contributed by atoms with E-state index in [-0.39, 0.29) is 0 Å². The van der Waals surface area contributed by atoms with Crippen molar-refractivity contribution in [2.45, 2.75) is 62.9 Å². The molecule has 2 unspecified atom stereocenters. The minimum Gasteiger partial charge on any atom is -0.385 e. The van der Waals surface area contributed by atoms with Gasteiger partial charge in [-0.1, -0.05) is 50.1 Å². The van der Waals surface area contributed by atoms with Gasteiger partial charge in [0.25, 0.3) is 0 Å². The normalized spacial score (nSPS) is 24.9. The van der Waals surface area contributed by atoms with E-state index in [2.05, 4.69) is 36.6 Å². The smallest absolute Gasteiger partial charge is 0.0934 e. The molecule has 1 aromatic carbocycles. The summed E-state index contributed by atoms with van der Waals surface area (Å²) < 4.78 is 0. The van der Waals surface area contributed by atoms with Crippen LogP contribution in [0.1, 0.15) is 62.0 Å². The third-order valence-corrected chi connectivity index (χ3v) is 5.49. The van der Waals surface area contributed by atoms with E-state index < -0.39 is 5.60 Å². The van der Waals surface area contributed by atoms with Gasteiger partial charge in [-0.15, -0.1) is 5.73 Å². The first-order chi connectivity index (χ1) is 10.2. The molecule has 2 aliphatic carbocycles. The molecule has 112 valence electrons. The molecule has 1 aromatic rings. The molecule has 0 aliphatic heterocycles. The Morgan fingerprint density at radius 3 is 2.71 bits per heavy atom. The van der Waals surface area contributed by atoms with Crippen molar-refractivity contribution in [3.63, 3.8) is 0 Å². The van der Waals surface area contributed by atoms with E-state index >= 15 is 0 Å². The van der Waals surface area contributed by atoms with E-state index in [9.17, 15) is 5.11 Å². The SMILES string of the molecule is C=C=CC(O)(CC1CCc2ccccc21)C1CCCCC1. The van der Waals surface area contributed by atoms with Gasteiger partial charge in [0.2, 0.25) is 0 Å². The summed E-state index contributed by atoms with van der Waals surface area (Å²) >= 11 is 0. The topological polar surface area (TPSA) is 20.2 Å². The molecule has 1 N–H and O–H groups in total. The minimum absolute atomic E-state index is 0.383. The van der Waals surface area contributed by atoms with Crippen molar-refractivity contribution >= 4 is 0 Å². The monoisotopic (exact) mass is 282 g/mol. The maximum atomic E-state index is 11.3. The van der Waals surface area contributed by atoms with Gasteiger partial charge in [0, 0.05) is 0 Å². The molecule has 1 nitrogen and oxygen atoms in total. The Morgan fingerprint density at radius 2 is 1.95 bits per heavy atom. The van der Waals surface area contributed by atoms with E-state index in [4.69, 9.17) is 0 Å². The molecule has 0 bridgehead atoms. The van der Waals surface area contributed by atoms with Gasteiger partial charge >= 0.3 is 0 Å². The number of aliphatic hydroxyl groups is 1. The molecule has 0 heterocycles. The lowest BCUT2D eigenvalue weighted by Gasteiger charge is -2.37. The van der Waals surface area contributed by atoms with Crippen LogP contribution in [0.4, 0.5) is 0 Å². The predicted octanol–water partition coefficient (Wildman–Crippen LogP) is 4.76. The van der Waals surface area contributed by atoms with Crippen molar-refractivity contribution in [3.05, 3.63) is 53.8 Å². The molecule has 1 fully saturated rings. The van der Waals surface area contributed by atoms with Gasteiger partial charge in [-0.05, 0) is 61.1 Å². The number of rotatable bonds is 4. The van der Waals surface area contributed by atoms with Crippen LogP contribution in [0.2, 0.25) is 0 Å². The molecule has 0 aromatic heterocycles. The molecule has 3 rings (SSSR count). The Bertz CT molecular complexity index is 535. The fourth-order valence-electron chi connectivity index (χ4n) is 4.37. The van der Waals surface area contributed by atoms with Gasteiger partial charge in [0.1, 0.15) is 0 Å². The van der Waals surface area contributed by atoms with E-state index in [1.54, 1.807) is 0 Å². The zero-order valence-electron chi connectivity index (χ0n) is 12.9. The lowest BCUT2D eigenvalue weighted by Crippen LogP contribution is -2.38. The van der Waals surface area contributed by atoms with E-state index in [1.807, 2.05) is 6.08 Å². The summed E-state index contributed by atoms with van der Waals surface area (Å²) in [5.74, 6) is 0.867. The van der Waals surface area contributed by atoms with Gasteiger partial charge in [0.15, 0.2) is 0 Å². The number of hydrogen-bond donors (Lipinski definition) is 1. The molecule has 0 radical (unpaired) electrons. The molecular weight excluding hydrogens is 256 g/mol. The van der Waals surface area contributed by atoms with Crippen molar-refractivity contribution in [2.24, 2.45) is 5.92 Å². The van der Waals surface area contributed by atoms with Crippen LogP contribution in [0.15, 0.2) is 42.7 Å². The standard InChI is InChI=1S/C20H26O/c1-2-14-20(21,18-9-4-3-5-10-18)15-17-13-12-16-8-6-7-11-19(16)17/h6-8,11,14,17-18,21H,1,3-5,9-10,12-13,15H2. The second-order valence-corrected chi connectivity index (χ2v) is 6.81. The molecule has 0 amide bonds. The summed E-state index contributed by atoms with van der Waals surface area (Å²) in [6.45, 7) is 3.72. The van der Waals surface area contributed by atoms with Crippen LogP contribution in [0.3, 0.4) is 0 Å². The summed E-state index contributed by atoms with van der Waals surface area (Å²) in [6.07, 6.45) is 11.1. The van der Waals surface area contributed by atoms with Crippen LogP contribution in [0.25, 0.3) is 0 Å². The molecule has 1 saturated carbocycles. The molecule has 1 heteroatoms. The lowest BCUT2D eigenvalue weighted by molar-refractivity contribution is -0.00221. The van der Waals surface area contributed by atoms with E-state index in [0.29, 0.717) is 11.8 Å². The van der Waals surface area contributed by atoms with Crippen molar-refractivity contribution < 1.29 is 5.11 Å². The molecule has 21 heavy (non-hydrogen) atoms. The van der Waals surface area contributed by atoms with Crippen LogP contribution in [-0.2, 0) is 6.42 Å². The molecule has 2 aliphatic rings. The molecule has 0 spiro atoms. The highest BCUT2D eigenvalue weighted by atomic mass is 16.3. The number of benzene rings is 1. The maximum Gasteiger partial charge on any atom is 0.0934 e. The number of hydrogen-bond acceptors (Lipinski definition) is 1. The van der Waals surface area contributed by atoms with Crippen molar-refractivity contribution in [3.8, 4) is 0 Å². The summed E-state index contributed by atoms with van der Waals surface area (Å²) in [5, 5.41) is 11.3. The van der Waals surface area contributed by atoms with Gasteiger partial charge in [-0.25, -0.2) is 0 Å². The van der Waals surface area contributed by atoms with E-state index in [0.717, 1.165) is 25.7 Å². The Hall–Kier alpha value is -1.30. The second kappa shape index (κ2) is 6.22. The highest BCUT2D eigenvalue weighted by Crippen LogP contribution is 2.44. The van der Waals surface area contributed by atoms with Gasteiger partial charge in [0.05, 0.1) is 5.60 Å². The van der Waals surface area contributed by atoms with Crippen LogP contribution < -0.4 is 0 Å². The average Bonchev–Trinajstić information content (AvgIpc) is 2.92. The van der Waals surface area contributed by atoms with Crippen LogP contribution in [-0.4, -0.2) is 10.7 Å². The second-order valence-electron chi connectivity index (χ2n) is 6.81. The highest BCUT2D eigenvalue weighted by molar-refractivity contribution is 5.35. The van der Waals surface area contributed by atoms with E-state index in [1.165, 1.54) is 36.8 Å². The van der Waals surface area contributed by atoms with Crippen LogP contribution in [0, 0.1) is 5.92 Å². The first kappa shape index (κ1) is 14.6. The average molecular weight is 282 g/mol. The fraction of sp³-hybridized carbons (Fsp3) is 0.550. The zero-order chi connectivity index (χ0) is 14.7. The number of aryl methyl sites for hydroxylation is 1. The van der Waals surface area contributed by atoms with Crippen LogP contribution in [0.5, 0.6) is 0 Å². The predicted molar refractivity (Wildman–Crippen MR) is 87.4 cm³/mol. The molecule has 0 saturated heterocycles. The fourth-order valence-corrected chi connectivity index (χ4v) is 4.37. The summed E-state index contributed by atoms with van der Waals surface area (Å²) in [7, 11) is 0. The third-order valence-electron chi connectivity index (χ3n) is 5.49. The Morgan fingerprint density at radius 1 is 1.19 bits per heavy atom. The molecule has 2 atom stereocenters. The van der Waals surface area contributed by atoms with Gasteiger partial charge in [-0.3, -0.25) is 0 Å². The summed E-state index contributed by atoms with van der Waals surface area (Å²) in [6, 6.07) is 8.72. The Kier molecular flexibility index (Phi) is 4.33. The first-order valence-corrected chi connectivity index (χ1v) is 8.40. The summed E-state index contributed by atoms with van der Waals surface area (Å²) in [4.78, 5) is 0. The largest absolute Gasteiger partial charge is 0.385 e. The Labute approximate surface area is 128 Å². The zero-order valence-corrected chi connectivity index (χ0v) is 12.9.